The molecular weight excluding hydrogens is 327 g/mol. The monoisotopic (exact) mass is 346 g/mol. The van der Waals surface area contributed by atoms with Gasteiger partial charge in [0.25, 0.3) is 5.91 Å². The van der Waals surface area contributed by atoms with Gasteiger partial charge in [0, 0.05) is 24.2 Å². The van der Waals surface area contributed by atoms with Crippen LogP contribution in [0.5, 0.6) is 11.5 Å². The molecule has 0 aromatic heterocycles. The van der Waals surface area contributed by atoms with Gasteiger partial charge in [0.1, 0.15) is 0 Å². The number of hydrogen-bond donors (Lipinski definition) is 1. The predicted octanol–water partition coefficient (Wildman–Crippen LogP) is 2.83. The quantitative estimate of drug-likeness (QED) is 0.894. The van der Waals surface area contributed by atoms with Crippen LogP contribution in [0.15, 0.2) is 12.1 Å². The van der Waals surface area contributed by atoms with E-state index in [9.17, 15) is 4.79 Å². The highest BCUT2D eigenvalue weighted by Crippen LogP contribution is 2.40. The Bertz CT molecular complexity index is 566. The normalized spacial score (nSPS) is 21.2. The van der Waals surface area contributed by atoms with E-state index in [0.29, 0.717) is 22.1 Å². The third kappa shape index (κ3) is 3.12. The molecule has 2 aliphatic heterocycles. The van der Waals surface area contributed by atoms with Gasteiger partial charge in [-0.05, 0) is 38.3 Å². The van der Waals surface area contributed by atoms with Gasteiger partial charge in [0.05, 0.1) is 5.02 Å². The minimum Gasteiger partial charge on any atom is -0.454 e. The maximum atomic E-state index is 12.8. The van der Waals surface area contributed by atoms with E-state index in [4.69, 9.17) is 26.8 Å². The summed E-state index contributed by atoms with van der Waals surface area (Å²) in [7, 11) is 0. The van der Waals surface area contributed by atoms with Crippen molar-refractivity contribution in [3.8, 4) is 11.5 Å². The fraction of sp³-hybridized carbons (Fsp3) is 0.533. The zero-order chi connectivity index (χ0) is 15.0. The number of fused-ring (bicyclic) bond motifs is 1. The Morgan fingerprint density at radius 2 is 2.18 bits per heavy atom. The molecule has 1 amide bonds. The van der Waals surface area contributed by atoms with E-state index >= 15 is 0 Å². The highest BCUT2D eigenvalue weighted by atomic mass is 35.5. The van der Waals surface area contributed by atoms with Crippen LogP contribution in [0, 0.1) is 0 Å². The van der Waals surface area contributed by atoms with Crippen molar-refractivity contribution in [1.29, 1.82) is 0 Å². The van der Waals surface area contributed by atoms with E-state index in [1.807, 2.05) is 11.8 Å². The maximum Gasteiger partial charge on any atom is 0.254 e. The average Bonchev–Trinajstić information content (AvgIpc) is 2.95. The lowest BCUT2D eigenvalue weighted by molar-refractivity contribution is 0.0583. The van der Waals surface area contributed by atoms with Crippen molar-refractivity contribution in [3.05, 3.63) is 22.7 Å². The standard InChI is InChI=1S/C15H19ClN2O3.ClH/c1-9(17)12-4-2-3-5-18(12)15(19)10-6-11(16)14-13(7-10)20-8-21-14;/h6-7,9,12H,2-5,8,17H2,1H3;1H. The van der Waals surface area contributed by atoms with Crippen LogP contribution in [0.3, 0.4) is 0 Å². The second-order valence-electron chi connectivity index (χ2n) is 5.61. The number of rotatable bonds is 2. The van der Waals surface area contributed by atoms with Crippen molar-refractivity contribution in [3.63, 3.8) is 0 Å². The lowest BCUT2D eigenvalue weighted by Crippen LogP contribution is -2.51. The zero-order valence-electron chi connectivity index (χ0n) is 12.4. The molecule has 0 aliphatic carbocycles. The molecule has 2 N–H and O–H groups in total. The fourth-order valence-corrected chi connectivity index (χ4v) is 3.28. The molecule has 1 fully saturated rings. The van der Waals surface area contributed by atoms with Gasteiger partial charge in [0.2, 0.25) is 6.79 Å². The summed E-state index contributed by atoms with van der Waals surface area (Å²) in [5.74, 6) is 0.994. The summed E-state index contributed by atoms with van der Waals surface area (Å²) in [6.45, 7) is 2.82. The molecule has 0 spiro atoms. The Morgan fingerprint density at radius 1 is 1.41 bits per heavy atom. The van der Waals surface area contributed by atoms with Crippen molar-refractivity contribution in [2.45, 2.75) is 38.3 Å². The van der Waals surface area contributed by atoms with Gasteiger partial charge in [-0.3, -0.25) is 4.79 Å². The number of carbonyl (C=O) groups excluding carboxylic acids is 1. The number of nitrogens with zero attached hydrogens (tertiary/aromatic N) is 1. The van der Waals surface area contributed by atoms with Crippen LogP contribution in [-0.2, 0) is 0 Å². The first kappa shape index (κ1) is 17.2. The number of benzene rings is 1. The van der Waals surface area contributed by atoms with E-state index in [1.54, 1.807) is 12.1 Å². The smallest absolute Gasteiger partial charge is 0.254 e. The van der Waals surface area contributed by atoms with Gasteiger partial charge in [-0.1, -0.05) is 11.6 Å². The molecule has 7 heteroatoms. The number of carbonyl (C=O) groups is 1. The molecule has 3 rings (SSSR count). The van der Waals surface area contributed by atoms with E-state index in [-0.39, 0.29) is 37.2 Å². The van der Waals surface area contributed by atoms with Crippen molar-refractivity contribution in [2.24, 2.45) is 5.73 Å². The minimum absolute atomic E-state index is 0. The second kappa shape index (κ2) is 6.94. The van der Waals surface area contributed by atoms with E-state index in [1.165, 1.54) is 0 Å². The van der Waals surface area contributed by atoms with Crippen LogP contribution in [0.1, 0.15) is 36.5 Å². The van der Waals surface area contributed by atoms with Crippen molar-refractivity contribution >= 4 is 29.9 Å². The molecule has 122 valence electrons. The molecule has 2 heterocycles. The second-order valence-corrected chi connectivity index (χ2v) is 6.02. The Morgan fingerprint density at radius 3 is 2.91 bits per heavy atom. The average molecular weight is 347 g/mol. The predicted molar refractivity (Wildman–Crippen MR) is 87.1 cm³/mol. The molecule has 1 aromatic rings. The van der Waals surface area contributed by atoms with E-state index < -0.39 is 0 Å². The Balaban J connectivity index is 0.00000176. The maximum absolute atomic E-state index is 12.8. The largest absolute Gasteiger partial charge is 0.454 e. The number of piperidine rings is 1. The molecule has 2 aliphatic rings. The Kier molecular flexibility index (Phi) is 5.42. The van der Waals surface area contributed by atoms with Gasteiger partial charge in [0.15, 0.2) is 11.5 Å². The summed E-state index contributed by atoms with van der Waals surface area (Å²) in [5.41, 5.74) is 6.55. The highest BCUT2D eigenvalue weighted by Gasteiger charge is 2.31. The molecule has 0 radical (unpaired) electrons. The number of amides is 1. The molecular formula is C15H20Cl2N2O3. The number of ether oxygens (including phenoxy) is 2. The summed E-state index contributed by atoms with van der Waals surface area (Å²) in [6, 6.07) is 3.38. The molecule has 2 atom stereocenters. The summed E-state index contributed by atoms with van der Waals surface area (Å²) >= 11 is 6.16. The van der Waals surface area contributed by atoms with Crippen molar-refractivity contribution in [1.82, 2.24) is 4.90 Å². The molecule has 5 nitrogen and oxygen atoms in total. The van der Waals surface area contributed by atoms with Gasteiger partial charge >= 0.3 is 0 Å². The number of hydrogen-bond acceptors (Lipinski definition) is 4. The third-order valence-electron chi connectivity index (χ3n) is 4.09. The minimum atomic E-state index is -0.0443. The van der Waals surface area contributed by atoms with E-state index in [0.717, 1.165) is 25.8 Å². The lowest BCUT2D eigenvalue weighted by Gasteiger charge is -2.38. The zero-order valence-corrected chi connectivity index (χ0v) is 14.0. The van der Waals surface area contributed by atoms with Crippen molar-refractivity contribution < 1.29 is 14.3 Å². The van der Waals surface area contributed by atoms with Crippen LogP contribution in [-0.4, -0.2) is 36.2 Å². The molecule has 2 unspecified atom stereocenters. The van der Waals surface area contributed by atoms with Crippen molar-refractivity contribution in [2.75, 3.05) is 13.3 Å². The van der Waals surface area contributed by atoms with Crippen LogP contribution in [0.4, 0.5) is 0 Å². The van der Waals surface area contributed by atoms with Crippen LogP contribution in [0.25, 0.3) is 0 Å². The van der Waals surface area contributed by atoms with E-state index in [2.05, 4.69) is 0 Å². The van der Waals surface area contributed by atoms with Crippen LogP contribution in [0.2, 0.25) is 5.02 Å². The highest BCUT2D eigenvalue weighted by molar-refractivity contribution is 6.32. The van der Waals surface area contributed by atoms with Gasteiger partial charge < -0.3 is 20.1 Å². The van der Waals surface area contributed by atoms with Crippen LogP contribution >= 0.6 is 24.0 Å². The Labute approximate surface area is 141 Å². The summed E-state index contributed by atoms with van der Waals surface area (Å²) in [4.78, 5) is 14.6. The summed E-state index contributed by atoms with van der Waals surface area (Å²) < 4.78 is 10.6. The number of likely N-dealkylation sites (tertiary alicyclic amines) is 1. The third-order valence-corrected chi connectivity index (χ3v) is 4.37. The molecule has 22 heavy (non-hydrogen) atoms. The lowest BCUT2D eigenvalue weighted by atomic mass is 9.96. The van der Waals surface area contributed by atoms with Gasteiger partial charge in [-0.15, -0.1) is 12.4 Å². The first-order chi connectivity index (χ1) is 10.1. The molecule has 1 aromatic carbocycles. The molecule has 1 saturated heterocycles. The van der Waals surface area contributed by atoms with Crippen LogP contribution < -0.4 is 15.2 Å². The van der Waals surface area contributed by atoms with Gasteiger partial charge in [-0.2, -0.15) is 0 Å². The number of halogens is 2. The summed E-state index contributed by atoms with van der Waals surface area (Å²) in [5, 5.41) is 0.405. The van der Waals surface area contributed by atoms with Gasteiger partial charge in [-0.25, -0.2) is 0 Å². The molecule has 0 saturated carbocycles. The number of nitrogens with two attached hydrogens (primary N) is 1. The topological polar surface area (TPSA) is 64.8 Å². The SMILES string of the molecule is CC(N)C1CCCCN1C(=O)c1cc(Cl)c2c(c1)OCO2.Cl. The Hall–Kier alpha value is -1.17. The first-order valence-corrected chi connectivity index (χ1v) is 7.61. The molecule has 0 bridgehead atoms. The first-order valence-electron chi connectivity index (χ1n) is 7.23. The summed E-state index contributed by atoms with van der Waals surface area (Å²) in [6.07, 6.45) is 3.06. The fourth-order valence-electron chi connectivity index (χ4n) is 3.01.